The molecule has 0 spiro atoms. The molecule has 9 heteroatoms. The highest BCUT2D eigenvalue weighted by Gasteiger charge is 2.27. The molecule has 3 amide bonds. The molecule has 1 aliphatic rings. The zero-order valence-electron chi connectivity index (χ0n) is 15.6. The Balaban J connectivity index is 1.89. The number of rotatable bonds is 8. The Labute approximate surface area is 162 Å². The Morgan fingerprint density at radius 2 is 2.07 bits per heavy atom. The van der Waals surface area contributed by atoms with Crippen LogP contribution in [0.5, 0.6) is 0 Å². The van der Waals surface area contributed by atoms with Crippen LogP contribution in [0, 0.1) is 0 Å². The summed E-state index contributed by atoms with van der Waals surface area (Å²) in [5.74, 6) is -1.89. The molecule has 0 aliphatic carbocycles. The molecule has 1 unspecified atom stereocenters. The third-order valence-corrected chi connectivity index (χ3v) is 5.61. The van der Waals surface area contributed by atoms with Gasteiger partial charge in [-0.2, -0.15) is 0 Å². The summed E-state index contributed by atoms with van der Waals surface area (Å²) in [5.41, 5.74) is 1.15. The number of carbonyl (C=O) groups is 4. The van der Waals surface area contributed by atoms with Crippen LogP contribution in [0.3, 0.4) is 0 Å². The quantitative estimate of drug-likeness (QED) is 0.679. The number of nitrogens with zero attached hydrogens (tertiary/aromatic N) is 2. The van der Waals surface area contributed by atoms with Gasteiger partial charge in [-0.05, 0) is 30.4 Å². The van der Waals surface area contributed by atoms with Gasteiger partial charge in [0, 0.05) is 50.8 Å². The van der Waals surface area contributed by atoms with Crippen molar-refractivity contribution in [3.63, 3.8) is 0 Å². The average Bonchev–Trinajstić information content (AvgIpc) is 3.09. The van der Waals surface area contributed by atoms with Crippen LogP contribution in [0.2, 0.25) is 0 Å². The first-order valence-electron chi connectivity index (χ1n) is 8.89. The second-order valence-electron chi connectivity index (χ2n) is 6.52. The van der Waals surface area contributed by atoms with Crippen molar-refractivity contribution in [1.82, 2.24) is 15.1 Å². The van der Waals surface area contributed by atoms with Crippen LogP contribution in [-0.2, 0) is 32.1 Å². The molecule has 0 fully saturated rings. The molecule has 0 radical (unpaired) electrons. The molecule has 0 bridgehead atoms. The van der Waals surface area contributed by atoms with E-state index in [1.54, 1.807) is 16.2 Å². The van der Waals surface area contributed by atoms with Gasteiger partial charge in [-0.3, -0.25) is 14.4 Å². The van der Waals surface area contributed by atoms with Crippen molar-refractivity contribution in [3.8, 4) is 0 Å². The maximum absolute atomic E-state index is 12.5. The van der Waals surface area contributed by atoms with E-state index in [1.807, 2.05) is 11.4 Å². The minimum Gasteiger partial charge on any atom is -0.480 e. The number of fused-ring (bicyclic) bond motifs is 1. The number of thiophene rings is 1. The first-order chi connectivity index (χ1) is 12.8. The lowest BCUT2D eigenvalue weighted by molar-refractivity contribution is -0.149. The first kappa shape index (κ1) is 20.9. The Bertz CT molecular complexity index is 718. The molecule has 1 aliphatic heterocycles. The largest absolute Gasteiger partial charge is 0.480 e. The minimum absolute atomic E-state index is 0.0429. The third kappa shape index (κ3) is 5.78. The van der Waals surface area contributed by atoms with Gasteiger partial charge in [-0.1, -0.05) is 0 Å². The van der Waals surface area contributed by atoms with Gasteiger partial charge in [0.15, 0.2) is 0 Å². The van der Waals surface area contributed by atoms with E-state index in [0.717, 1.165) is 12.0 Å². The maximum atomic E-state index is 12.5. The van der Waals surface area contributed by atoms with E-state index in [1.165, 1.54) is 23.6 Å². The molecule has 2 rings (SSSR count). The molecular formula is C18H25N3O5S. The summed E-state index contributed by atoms with van der Waals surface area (Å²) in [5, 5.41) is 13.8. The summed E-state index contributed by atoms with van der Waals surface area (Å²) in [6, 6.07) is 0.993. The lowest BCUT2D eigenvalue weighted by Crippen LogP contribution is -2.47. The van der Waals surface area contributed by atoms with Crippen LogP contribution in [0.1, 0.15) is 37.1 Å². The van der Waals surface area contributed by atoms with Gasteiger partial charge < -0.3 is 20.2 Å². The van der Waals surface area contributed by atoms with Crippen molar-refractivity contribution in [2.75, 3.05) is 19.6 Å². The monoisotopic (exact) mass is 395 g/mol. The van der Waals surface area contributed by atoms with E-state index < -0.39 is 17.9 Å². The Kier molecular flexibility index (Phi) is 7.35. The number of carboxylic acid groups (broad SMARTS) is 1. The zero-order chi connectivity index (χ0) is 20.0. The highest BCUT2D eigenvalue weighted by Crippen LogP contribution is 2.24. The lowest BCUT2D eigenvalue weighted by Gasteiger charge is -2.29. The molecule has 0 saturated heterocycles. The molecule has 2 heterocycles. The van der Waals surface area contributed by atoms with Crippen LogP contribution in [0.4, 0.5) is 0 Å². The molecule has 8 nitrogen and oxygen atoms in total. The second-order valence-corrected chi connectivity index (χ2v) is 7.52. The van der Waals surface area contributed by atoms with Crippen molar-refractivity contribution in [3.05, 3.63) is 21.9 Å². The summed E-state index contributed by atoms with van der Waals surface area (Å²) in [6.45, 7) is 4.21. The molecule has 148 valence electrons. The second kappa shape index (κ2) is 9.50. The van der Waals surface area contributed by atoms with Crippen molar-refractivity contribution in [1.29, 1.82) is 0 Å². The zero-order valence-corrected chi connectivity index (χ0v) is 16.4. The fourth-order valence-corrected chi connectivity index (χ4v) is 3.89. The highest BCUT2D eigenvalue weighted by atomic mass is 32.1. The van der Waals surface area contributed by atoms with Gasteiger partial charge >= 0.3 is 5.97 Å². The predicted octanol–water partition coefficient (Wildman–Crippen LogP) is 0.851. The Hall–Kier alpha value is -2.42. The van der Waals surface area contributed by atoms with Crippen molar-refractivity contribution >= 4 is 35.0 Å². The van der Waals surface area contributed by atoms with E-state index in [9.17, 15) is 24.3 Å². The summed E-state index contributed by atoms with van der Waals surface area (Å²) in [4.78, 5) is 51.4. The van der Waals surface area contributed by atoms with Crippen molar-refractivity contribution in [2.24, 2.45) is 0 Å². The number of amides is 3. The smallest absolute Gasteiger partial charge is 0.326 e. The minimum atomic E-state index is -1.13. The molecule has 1 aromatic heterocycles. The number of carboxylic acids is 1. The normalized spacial score (nSPS) is 14.2. The van der Waals surface area contributed by atoms with Crippen LogP contribution < -0.4 is 5.32 Å². The topological polar surface area (TPSA) is 107 Å². The van der Waals surface area contributed by atoms with Gasteiger partial charge in [0.1, 0.15) is 6.04 Å². The fourth-order valence-electron chi connectivity index (χ4n) is 3.00. The summed E-state index contributed by atoms with van der Waals surface area (Å²) < 4.78 is 0. The standard InChI is InChI=1S/C18H25N3O5S/c1-12(18(25)26)21(9-7-19-13(2)22)17(24)4-3-16(23)20-8-5-15-14(11-20)6-10-27-15/h6,10,12H,3-5,7-9,11H2,1-2H3,(H,19,22)(H,25,26). The van der Waals surface area contributed by atoms with E-state index in [2.05, 4.69) is 5.32 Å². The van der Waals surface area contributed by atoms with Crippen molar-refractivity contribution in [2.45, 2.75) is 45.7 Å². The van der Waals surface area contributed by atoms with Gasteiger partial charge in [0.05, 0.1) is 0 Å². The van der Waals surface area contributed by atoms with Gasteiger partial charge in [-0.25, -0.2) is 4.79 Å². The first-order valence-corrected chi connectivity index (χ1v) is 9.77. The molecular weight excluding hydrogens is 370 g/mol. The summed E-state index contributed by atoms with van der Waals surface area (Å²) in [7, 11) is 0. The lowest BCUT2D eigenvalue weighted by atomic mass is 10.1. The Morgan fingerprint density at radius 1 is 1.33 bits per heavy atom. The number of nitrogens with one attached hydrogen (secondary N) is 1. The van der Waals surface area contributed by atoms with E-state index in [0.29, 0.717) is 13.1 Å². The van der Waals surface area contributed by atoms with E-state index in [4.69, 9.17) is 0 Å². The van der Waals surface area contributed by atoms with Crippen LogP contribution in [0.25, 0.3) is 0 Å². The molecule has 0 aromatic carbocycles. The van der Waals surface area contributed by atoms with Gasteiger partial charge in [0.25, 0.3) is 0 Å². The summed E-state index contributed by atoms with van der Waals surface area (Å²) >= 11 is 1.69. The van der Waals surface area contributed by atoms with Crippen LogP contribution in [0.15, 0.2) is 11.4 Å². The molecule has 1 aromatic rings. The van der Waals surface area contributed by atoms with Crippen molar-refractivity contribution < 1.29 is 24.3 Å². The summed E-state index contributed by atoms with van der Waals surface area (Å²) in [6.07, 6.45) is 0.816. The van der Waals surface area contributed by atoms with E-state index in [-0.39, 0.29) is 37.7 Å². The van der Waals surface area contributed by atoms with E-state index >= 15 is 0 Å². The highest BCUT2D eigenvalue weighted by molar-refractivity contribution is 7.10. The molecule has 27 heavy (non-hydrogen) atoms. The number of hydrogen-bond acceptors (Lipinski definition) is 5. The number of carbonyl (C=O) groups excluding carboxylic acids is 3. The van der Waals surface area contributed by atoms with Gasteiger partial charge in [0.2, 0.25) is 17.7 Å². The van der Waals surface area contributed by atoms with Crippen LogP contribution in [-0.4, -0.2) is 64.3 Å². The average molecular weight is 395 g/mol. The fraction of sp³-hybridized carbons (Fsp3) is 0.556. The molecule has 2 N–H and O–H groups in total. The molecule has 1 atom stereocenters. The third-order valence-electron chi connectivity index (χ3n) is 4.59. The Morgan fingerprint density at radius 3 is 2.74 bits per heavy atom. The predicted molar refractivity (Wildman–Crippen MR) is 100 cm³/mol. The number of hydrogen-bond donors (Lipinski definition) is 2. The SMILES string of the molecule is CC(=O)NCCN(C(=O)CCC(=O)N1CCc2sccc2C1)C(C)C(=O)O. The maximum Gasteiger partial charge on any atom is 0.326 e. The van der Waals surface area contributed by atoms with Crippen LogP contribution >= 0.6 is 11.3 Å². The molecule has 0 saturated carbocycles. The van der Waals surface area contributed by atoms with Gasteiger partial charge in [-0.15, -0.1) is 11.3 Å². The number of aliphatic carboxylic acids is 1.